The zero-order valence-corrected chi connectivity index (χ0v) is 33.6. The van der Waals surface area contributed by atoms with E-state index < -0.39 is 5.41 Å². The van der Waals surface area contributed by atoms with Gasteiger partial charge >= 0.3 is 0 Å². The van der Waals surface area contributed by atoms with Gasteiger partial charge in [-0.15, -0.1) is 11.3 Å². The maximum Gasteiger partial charge on any atom is 0.0729 e. The topological polar surface area (TPSA) is 3.24 Å². The molecule has 0 N–H and O–H groups in total. The molecule has 0 aliphatic heterocycles. The third kappa shape index (κ3) is 4.67. The van der Waals surface area contributed by atoms with E-state index in [0.29, 0.717) is 5.92 Å². The molecule has 13 rings (SSSR count). The second-order valence-electron chi connectivity index (χ2n) is 17.0. The maximum absolute atomic E-state index is 2.58. The lowest BCUT2D eigenvalue weighted by Gasteiger charge is -2.43. The highest BCUT2D eigenvalue weighted by Crippen LogP contribution is 2.64. The van der Waals surface area contributed by atoms with Crippen LogP contribution in [-0.2, 0) is 5.41 Å². The Morgan fingerprint density at radius 2 is 1.07 bits per heavy atom. The molecule has 1 saturated carbocycles. The minimum Gasteiger partial charge on any atom is -0.310 e. The van der Waals surface area contributed by atoms with E-state index >= 15 is 0 Å². The molecule has 1 heterocycles. The van der Waals surface area contributed by atoms with Crippen molar-refractivity contribution in [2.24, 2.45) is 0 Å². The highest BCUT2D eigenvalue weighted by Gasteiger charge is 2.51. The molecule has 1 nitrogen and oxygen atoms in total. The van der Waals surface area contributed by atoms with Gasteiger partial charge in [0.2, 0.25) is 0 Å². The van der Waals surface area contributed by atoms with Crippen molar-refractivity contribution in [1.29, 1.82) is 0 Å². The van der Waals surface area contributed by atoms with Crippen molar-refractivity contribution < 1.29 is 0 Å². The molecular weight excluding hydrogens is 731 g/mol. The van der Waals surface area contributed by atoms with Crippen LogP contribution in [-0.4, -0.2) is 0 Å². The van der Waals surface area contributed by atoms with Crippen LogP contribution >= 0.6 is 11.3 Å². The molecule has 280 valence electrons. The predicted octanol–water partition coefficient (Wildman–Crippen LogP) is 16.2. The van der Waals surface area contributed by atoms with Gasteiger partial charge in [-0.1, -0.05) is 165 Å². The number of nitrogens with zero attached hydrogens (tertiary/aromatic N) is 1. The van der Waals surface area contributed by atoms with Crippen molar-refractivity contribution in [3.8, 4) is 22.3 Å². The van der Waals surface area contributed by atoms with Gasteiger partial charge in [-0.2, -0.15) is 0 Å². The first-order valence-corrected chi connectivity index (χ1v) is 22.2. The molecule has 0 bridgehead atoms. The molecule has 0 amide bonds. The SMILES string of the molecule is c1ccc2c(c1)-c1ccc(N(c3ccc4c(c3)sc3ccccc34)c3cccc4ccccc34)cc1C21c2ccccc2-c2cccc3ccc(C4CCCCC4)c1c23. The Balaban J connectivity index is 1.14. The molecule has 10 aromatic rings. The lowest BCUT2D eigenvalue weighted by Crippen LogP contribution is -2.34. The summed E-state index contributed by atoms with van der Waals surface area (Å²) >= 11 is 1.89. The third-order valence-corrected chi connectivity index (χ3v) is 15.2. The van der Waals surface area contributed by atoms with Crippen LogP contribution in [0, 0.1) is 0 Å². The van der Waals surface area contributed by atoms with Gasteiger partial charge in [0.25, 0.3) is 0 Å². The molecule has 0 radical (unpaired) electrons. The van der Waals surface area contributed by atoms with Crippen LogP contribution in [0.3, 0.4) is 0 Å². The maximum atomic E-state index is 2.58. The van der Waals surface area contributed by atoms with Gasteiger partial charge in [-0.3, -0.25) is 0 Å². The zero-order valence-electron chi connectivity index (χ0n) is 32.8. The largest absolute Gasteiger partial charge is 0.310 e. The molecule has 1 unspecified atom stereocenters. The Bertz CT molecular complexity index is 3340. The molecular formula is C57H41NS. The quantitative estimate of drug-likeness (QED) is 0.172. The molecule has 1 spiro atoms. The summed E-state index contributed by atoms with van der Waals surface area (Å²) in [5, 5.41) is 7.89. The highest BCUT2D eigenvalue weighted by molar-refractivity contribution is 7.25. The zero-order chi connectivity index (χ0) is 38.7. The predicted molar refractivity (Wildman–Crippen MR) is 251 cm³/mol. The van der Waals surface area contributed by atoms with Gasteiger partial charge in [0, 0.05) is 36.9 Å². The normalized spacial score (nSPS) is 16.8. The number of thiophene rings is 1. The van der Waals surface area contributed by atoms with E-state index in [1.165, 1.54) is 135 Å². The van der Waals surface area contributed by atoms with Crippen molar-refractivity contribution >= 4 is 70.1 Å². The molecule has 3 aliphatic rings. The van der Waals surface area contributed by atoms with Gasteiger partial charge in [-0.25, -0.2) is 0 Å². The van der Waals surface area contributed by atoms with Gasteiger partial charge in [-0.05, 0) is 121 Å². The van der Waals surface area contributed by atoms with E-state index in [1.807, 2.05) is 11.3 Å². The standard InChI is InChI=1S/C57H41NS/c1-2-14-37(15-3-1)42-31-28-38-18-12-23-48-44-21-7-10-25-50(44)57(56(42)55(38)48)49-24-9-6-20-43(49)45-32-29-39(34-51(45)57)58(52-26-13-17-36-16-4-5-19-41(36)52)40-30-33-47-46-22-8-11-27-53(46)59-54(47)35-40/h4-13,16-35,37H,1-3,14-15H2. The summed E-state index contributed by atoms with van der Waals surface area (Å²) in [6.07, 6.45) is 6.44. The van der Waals surface area contributed by atoms with Crippen molar-refractivity contribution in [3.63, 3.8) is 0 Å². The van der Waals surface area contributed by atoms with E-state index in [0.717, 1.165) is 0 Å². The first kappa shape index (κ1) is 33.5. The van der Waals surface area contributed by atoms with Crippen LogP contribution < -0.4 is 4.90 Å². The Labute approximate surface area is 348 Å². The fourth-order valence-electron chi connectivity index (χ4n) is 11.6. The molecule has 3 aliphatic carbocycles. The van der Waals surface area contributed by atoms with Crippen LogP contribution in [0.25, 0.3) is 64.0 Å². The van der Waals surface area contributed by atoms with E-state index in [-0.39, 0.29) is 0 Å². The number of hydrogen-bond acceptors (Lipinski definition) is 2. The van der Waals surface area contributed by atoms with Gasteiger partial charge in [0.05, 0.1) is 11.1 Å². The fourth-order valence-corrected chi connectivity index (χ4v) is 12.7. The molecule has 1 fully saturated rings. The average molecular weight is 772 g/mol. The van der Waals surface area contributed by atoms with Crippen molar-refractivity contribution in [3.05, 3.63) is 210 Å². The Hall–Kier alpha value is -6.48. The second-order valence-corrected chi connectivity index (χ2v) is 18.0. The lowest BCUT2D eigenvalue weighted by atomic mass is 9.59. The molecule has 9 aromatic carbocycles. The minimum atomic E-state index is -0.487. The summed E-state index contributed by atoms with van der Waals surface area (Å²) in [7, 11) is 0. The molecule has 0 saturated heterocycles. The number of anilines is 3. The second kappa shape index (κ2) is 12.8. The van der Waals surface area contributed by atoms with Crippen LogP contribution in [0.4, 0.5) is 17.1 Å². The van der Waals surface area contributed by atoms with Crippen molar-refractivity contribution in [1.82, 2.24) is 0 Å². The highest BCUT2D eigenvalue weighted by atomic mass is 32.1. The first-order chi connectivity index (χ1) is 29.3. The third-order valence-electron chi connectivity index (χ3n) is 14.0. The number of rotatable bonds is 4. The number of fused-ring (bicyclic) bond motifs is 13. The monoisotopic (exact) mass is 771 g/mol. The summed E-state index contributed by atoms with van der Waals surface area (Å²) in [5.74, 6) is 0.540. The molecule has 1 atom stereocenters. The van der Waals surface area contributed by atoms with Crippen LogP contribution in [0.2, 0.25) is 0 Å². The molecule has 59 heavy (non-hydrogen) atoms. The van der Waals surface area contributed by atoms with Crippen LogP contribution in [0.15, 0.2) is 182 Å². The van der Waals surface area contributed by atoms with Crippen molar-refractivity contribution in [2.45, 2.75) is 43.4 Å². The van der Waals surface area contributed by atoms with E-state index in [4.69, 9.17) is 0 Å². The Morgan fingerprint density at radius 1 is 0.441 bits per heavy atom. The average Bonchev–Trinajstić information content (AvgIpc) is 3.81. The molecule has 2 heteroatoms. The summed E-state index contributed by atoms with van der Waals surface area (Å²) in [6.45, 7) is 0. The smallest absolute Gasteiger partial charge is 0.0729 e. The first-order valence-electron chi connectivity index (χ1n) is 21.4. The van der Waals surface area contributed by atoms with Crippen molar-refractivity contribution in [2.75, 3.05) is 4.90 Å². The Kier molecular flexibility index (Phi) is 7.24. The van der Waals surface area contributed by atoms with E-state index in [2.05, 4.69) is 187 Å². The summed E-state index contributed by atoms with van der Waals surface area (Å²) < 4.78 is 2.63. The fraction of sp³-hybridized carbons (Fsp3) is 0.123. The number of benzene rings is 9. The summed E-state index contributed by atoms with van der Waals surface area (Å²) in [4.78, 5) is 2.54. The van der Waals surface area contributed by atoms with E-state index in [1.54, 1.807) is 5.56 Å². The van der Waals surface area contributed by atoms with Gasteiger partial charge in [0.1, 0.15) is 0 Å². The van der Waals surface area contributed by atoms with Crippen LogP contribution in [0.5, 0.6) is 0 Å². The van der Waals surface area contributed by atoms with Crippen LogP contribution in [0.1, 0.15) is 65.8 Å². The molecule has 1 aromatic heterocycles. The summed E-state index contributed by atoms with van der Waals surface area (Å²) in [5.41, 5.74) is 15.7. The summed E-state index contributed by atoms with van der Waals surface area (Å²) in [6, 6.07) is 69.6. The van der Waals surface area contributed by atoms with E-state index in [9.17, 15) is 0 Å². The van der Waals surface area contributed by atoms with Gasteiger partial charge in [0.15, 0.2) is 0 Å². The number of hydrogen-bond donors (Lipinski definition) is 0. The Morgan fingerprint density at radius 3 is 1.93 bits per heavy atom. The lowest BCUT2D eigenvalue weighted by molar-refractivity contribution is 0.440. The minimum absolute atomic E-state index is 0.487. The van der Waals surface area contributed by atoms with Gasteiger partial charge < -0.3 is 4.90 Å².